The van der Waals surface area contributed by atoms with Gasteiger partial charge in [0.05, 0.1) is 20.8 Å². The highest BCUT2D eigenvalue weighted by atomic mass is 16.5. The molecule has 0 saturated carbocycles. The van der Waals surface area contributed by atoms with E-state index in [2.05, 4.69) is 0 Å². The molecule has 5 heteroatoms. The number of phenolic OH excluding ortho intramolecular Hbond substituents is 2. The lowest BCUT2D eigenvalue weighted by Gasteiger charge is -2.26. The summed E-state index contributed by atoms with van der Waals surface area (Å²) in [6.07, 6.45) is 0.673. The average Bonchev–Trinajstić information content (AvgIpc) is 2.53. The number of ether oxygens (including phenoxy) is 3. The van der Waals surface area contributed by atoms with Crippen LogP contribution in [0.3, 0.4) is 0 Å². The summed E-state index contributed by atoms with van der Waals surface area (Å²) >= 11 is 0. The van der Waals surface area contributed by atoms with Crippen LogP contribution in [0.1, 0.15) is 17.0 Å². The van der Waals surface area contributed by atoms with Gasteiger partial charge in [-0.2, -0.15) is 0 Å². The molecule has 3 rings (SSSR count). The number of hydrogen-bond acceptors (Lipinski definition) is 5. The van der Waals surface area contributed by atoms with Crippen molar-refractivity contribution < 1.29 is 24.4 Å². The molecule has 0 unspecified atom stereocenters. The lowest BCUT2D eigenvalue weighted by molar-refractivity contribution is 0.256. The van der Waals surface area contributed by atoms with E-state index >= 15 is 0 Å². The Balaban J connectivity index is 1.89. The van der Waals surface area contributed by atoms with Gasteiger partial charge in [0.2, 0.25) is 0 Å². The Morgan fingerprint density at radius 3 is 2.55 bits per heavy atom. The number of hydrogen-bond donors (Lipinski definition) is 2. The smallest absolute Gasteiger partial charge is 0.164 e. The largest absolute Gasteiger partial charge is 0.508 e. The third-order valence-electron chi connectivity index (χ3n) is 3.95. The zero-order valence-electron chi connectivity index (χ0n) is 12.5. The van der Waals surface area contributed by atoms with E-state index < -0.39 is 0 Å². The molecule has 1 heterocycles. The van der Waals surface area contributed by atoms with E-state index in [1.807, 2.05) is 12.1 Å². The molecule has 0 saturated heterocycles. The van der Waals surface area contributed by atoms with Crippen molar-refractivity contribution in [3.8, 4) is 28.7 Å². The molecule has 2 N–H and O–H groups in total. The van der Waals surface area contributed by atoms with E-state index in [-0.39, 0.29) is 17.4 Å². The molecule has 0 spiro atoms. The topological polar surface area (TPSA) is 68.2 Å². The van der Waals surface area contributed by atoms with Gasteiger partial charge >= 0.3 is 0 Å². The van der Waals surface area contributed by atoms with Gasteiger partial charge in [0, 0.05) is 23.6 Å². The molecule has 0 aromatic heterocycles. The van der Waals surface area contributed by atoms with Crippen molar-refractivity contribution in [3.05, 3.63) is 41.5 Å². The Kier molecular flexibility index (Phi) is 3.71. The van der Waals surface area contributed by atoms with Crippen LogP contribution in [-0.2, 0) is 6.42 Å². The molecule has 1 atom stereocenters. The molecule has 22 heavy (non-hydrogen) atoms. The first-order chi connectivity index (χ1) is 10.6. The van der Waals surface area contributed by atoms with Crippen molar-refractivity contribution in [2.24, 2.45) is 0 Å². The first kappa shape index (κ1) is 14.4. The van der Waals surface area contributed by atoms with Gasteiger partial charge in [-0.05, 0) is 24.1 Å². The van der Waals surface area contributed by atoms with Crippen LogP contribution < -0.4 is 14.2 Å². The van der Waals surface area contributed by atoms with E-state index in [9.17, 15) is 10.2 Å². The third-order valence-corrected chi connectivity index (χ3v) is 3.95. The van der Waals surface area contributed by atoms with Gasteiger partial charge in [0.1, 0.15) is 17.2 Å². The van der Waals surface area contributed by atoms with Crippen molar-refractivity contribution >= 4 is 0 Å². The van der Waals surface area contributed by atoms with Crippen molar-refractivity contribution in [1.82, 2.24) is 0 Å². The summed E-state index contributed by atoms with van der Waals surface area (Å²) in [5, 5.41) is 20.1. The number of fused-ring (bicyclic) bond motifs is 1. The van der Waals surface area contributed by atoms with E-state index in [0.29, 0.717) is 30.3 Å². The van der Waals surface area contributed by atoms with Crippen LogP contribution >= 0.6 is 0 Å². The van der Waals surface area contributed by atoms with Crippen LogP contribution in [0.4, 0.5) is 0 Å². The SMILES string of the molecule is COc1ccc([C@@H]2COc3cc(OC)c(O)cc3C2)c(O)c1. The van der Waals surface area contributed by atoms with Crippen molar-refractivity contribution in [2.75, 3.05) is 20.8 Å². The fourth-order valence-corrected chi connectivity index (χ4v) is 2.76. The van der Waals surface area contributed by atoms with Gasteiger partial charge in [0.15, 0.2) is 11.5 Å². The monoisotopic (exact) mass is 302 g/mol. The van der Waals surface area contributed by atoms with Crippen molar-refractivity contribution in [3.63, 3.8) is 0 Å². The standard InChI is InChI=1S/C17H18O5/c1-20-12-3-4-13(14(18)7-12)11-5-10-6-15(19)17(21-2)8-16(10)22-9-11/h3-4,6-8,11,18-19H,5,9H2,1-2H3/t11-/m0/s1. The van der Waals surface area contributed by atoms with Crippen LogP contribution in [0.25, 0.3) is 0 Å². The normalized spacial score (nSPS) is 16.5. The quantitative estimate of drug-likeness (QED) is 0.912. The van der Waals surface area contributed by atoms with Crippen LogP contribution in [-0.4, -0.2) is 31.0 Å². The van der Waals surface area contributed by atoms with E-state index in [1.165, 1.54) is 7.11 Å². The molecule has 1 aliphatic rings. The molecule has 2 aromatic carbocycles. The Morgan fingerprint density at radius 2 is 1.86 bits per heavy atom. The Labute approximate surface area is 128 Å². The summed E-state index contributed by atoms with van der Waals surface area (Å²) in [6.45, 7) is 0.459. The second-order valence-corrected chi connectivity index (χ2v) is 5.27. The summed E-state index contributed by atoms with van der Waals surface area (Å²) in [7, 11) is 3.06. The number of benzene rings is 2. The highest BCUT2D eigenvalue weighted by Gasteiger charge is 2.25. The predicted molar refractivity (Wildman–Crippen MR) is 81.3 cm³/mol. The summed E-state index contributed by atoms with van der Waals surface area (Å²) in [5.41, 5.74) is 1.70. The van der Waals surface area contributed by atoms with Crippen LogP contribution in [0.5, 0.6) is 28.7 Å². The molecular formula is C17H18O5. The fourth-order valence-electron chi connectivity index (χ4n) is 2.76. The minimum atomic E-state index is 0.0196. The van der Waals surface area contributed by atoms with Gasteiger partial charge in [-0.3, -0.25) is 0 Å². The molecule has 0 amide bonds. The summed E-state index contributed by atoms with van der Waals surface area (Å²) in [5.74, 6) is 2.01. The zero-order valence-corrected chi connectivity index (χ0v) is 12.5. The Hall–Kier alpha value is -2.56. The highest BCUT2D eigenvalue weighted by Crippen LogP contribution is 2.41. The van der Waals surface area contributed by atoms with E-state index in [1.54, 1.807) is 25.3 Å². The molecule has 0 bridgehead atoms. The molecule has 116 valence electrons. The Morgan fingerprint density at radius 1 is 1.05 bits per heavy atom. The maximum absolute atomic E-state index is 10.2. The van der Waals surface area contributed by atoms with Crippen molar-refractivity contribution in [1.29, 1.82) is 0 Å². The van der Waals surface area contributed by atoms with Gasteiger partial charge in [0.25, 0.3) is 0 Å². The highest BCUT2D eigenvalue weighted by molar-refractivity contribution is 5.52. The molecule has 0 fully saturated rings. The first-order valence-electron chi connectivity index (χ1n) is 7.02. The molecule has 0 radical (unpaired) electrons. The summed E-state index contributed by atoms with van der Waals surface area (Å²) in [6, 6.07) is 8.60. The first-order valence-corrected chi connectivity index (χ1v) is 7.02. The number of aromatic hydroxyl groups is 2. The molecule has 1 aliphatic heterocycles. The van der Waals surface area contributed by atoms with Gasteiger partial charge in [-0.15, -0.1) is 0 Å². The third kappa shape index (κ3) is 2.50. The van der Waals surface area contributed by atoms with Gasteiger partial charge < -0.3 is 24.4 Å². The maximum atomic E-state index is 10.2. The number of methoxy groups -OCH3 is 2. The number of rotatable bonds is 3. The van der Waals surface area contributed by atoms with E-state index in [4.69, 9.17) is 14.2 Å². The van der Waals surface area contributed by atoms with E-state index in [0.717, 1.165) is 11.1 Å². The van der Waals surface area contributed by atoms with Gasteiger partial charge in [-0.25, -0.2) is 0 Å². The molecule has 0 aliphatic carbocycles. The summed E-state index contributed by atoms with van der Waals surface area (Å²) in [4.78, 5) is 0. The number of phenols is 2. The van der Waals surface area contributed by atoms with Crippen molar-refractivity contribution in [2.45, 2.75) is 12.3 Å². The zero-order chi connectivity index (χ0) is 15.7. The second-order valence-electron chi connectivity index (χ2n) is 5.27. The minimum Gasteiger partial charge on any atom is -0.508 e. The lowest BCUT2D eigenvalue weighted by atomic mass is 9.89. The van der Waals surface area contributed by atoms with Crippen LogP contribution in [0.15, 0.2) is 30.3 Å². The fraction of sp³-hybridized carbons (Fsp3) is 0.294. The molecule has 5 nitrogen and oxygen atoms in total. The minimum absolute atomic E-state index is 0.0196. The molecule has 2 aromatic rings. The van der Waals surface area contributed by atoms with Gasteiger partial charge in [-0.1, -0.05) is 6.07 Å². The second kappa shape index (κ2) is 5.67. The average molecular weight is 302 g/mol. The van der Waals surface area contributed by atoms with Crippen LogP contribution in [0, 0.1) is 0 Å². The lowest BCUT2D eigenvalue weighted by Crippen LogP contribution is -2.19. The maximum Gasteiger partial charge on any atom is 0.164 e. The molecular weight excluding hydrogens is 284 g/mol. The van der Waals surface area contributed by atoms with Crippen LogP contribution in [0.2, 0.25) is 0 Å². The predicted octanol–water partition coefficient (Wildman–Crippen LogP) is 2.83. The Bertz CT molecular complexity index is 696. The summed E-state index contributed by atoms with van der Waals surface area (Å²) < 4.78 is 15.9.